The van der Waals surface area contributed by atoms with Gasteiger partial charge in [0, 0.05) is 22.8 Å². The highest BCUT2D eigenvalue weighted by atomic mass is 79.9. The van der Waals surface area contributed by atoms with Gasteiger partial charge in [-0.1, -0.05) is 18.2 Å². The molecule has 4 heteroatoms. The zero-order chi connectivity index (χ0) is 13.0. The van der Waals surface area contributed by atoms with Crippen molar-refractivity contribution in [1.29, 1.82) is 0 Å². The number of ether oxygens (including phenoxy) is 1. The zero-order valence-corrected chi connectivity index (χ0v) is 11.8. The van der Waals surface area contributed by atoms with E-state index in [2.05, 4.69) is 20.9 Å². The lowest BCUT2D eigenvalue weighted by atomic mass is 10.1. The third kappa shape index (κ3) is 3.09. The van der Waals surface area contributed by atoms with Crippen LogP contribution in [0.4, 0.5) is 0 Å². The Morgan fingerprint density at radius 3 is 2.78 bits per heavy atom. The highest BCUT2D eigenvalue weighted by Gasteiger charge is 2.06. The number of hydrogen-bond acceptors (Lipinski definition) is 3. The molecular weight excluding hydrogens is 292 g/mol. The van der Waals surface area contributed by atoms with E-state index >= 15 is 0 Å². The quantitative estimate of drug-likeness (QED) is 0.943. The van der Waals surface area contributed by atoms with Crippen LogP contribution in [0.5, 0.6) is 5.75 Å². The maximum absolute atomic E-state index is 5.83. The van der Waals surface area contributed by atoms with Crippen molar-refractivity contribution in [2.75, 3.05) is 0 Å². The summed E-state index contributed by atoms with van der Waals surface area (Å²) < 4.78 is 6.79. The average molecular weight is 307 g/mol. The SMILES string of the molecule is Cc1cccc(CN)c1OCc1ccc(Br)cn1. The van der Waals surface area contributed by atoms with Gasteiger partial charge in [0.05, 0.1) is 5.69 Å². The predicted octanol–water partition coefficient (Wildman–Crippen LogP) is 3.19. The molecule has 0 aliphatic rings. The molecule has 1 heterocycles. The number of halogens is 1. The van der Waals surface area contributed by atoms with Gasteiger partial charge in [0.15, 0.2) is 0 Å². The van der Waals surface area contributed by atoms with Gasteiger partial charge in [0.2, 0.25) is 0 Å². The van der Waals surface area contributed by atoms with Gasteiger partial charge in [-0.25, -0.2) is 0 Å². The molecule has 0 radical (unpaired) electrons. The molecule has 0 unspecified atom stereocenters. The fourth-order valence-electron chi connectivity index (χ4n) is 1.72. The Balaban J connectivity index is 2.12. The van der Waals surface area contributed by atoms with E-state index in [1.165, 1.54) is 0 Å². The van der Waals surface area contributed by atoms with Gasteiger partial charge in [-0.2, -0.15) is 0 Å². The molecule has 2 N–H and O–H groups in total. The average Bonchev–Trinajstić information content (AvgIpc) is 2.39. The Morgan fingerprint density at radius 1 is 1.28 bits per heavy atom. The van der Waals surface area contributed by atoms with E-state index in [4.69, 9.17) is 10.5 Å². The summed E-state index contributed by atoms with van der Waals surface area (Å²) >= 11 is 3.36. The Hall–Kier alpha value is -1.39. The van der Waals surface area contributed by atoms with Crippen molar-refractivity contribution in [3.63, 3.8) is 0 Å². The summed E-state index contributed by atoms with van der Waals surface area (Å²) in [4.78, 5) is 4.28. The van der Waals surface area contributed by atoms with Crippen LogP contribution in [0.25, 0.3) is 0 Å². The van der Waals surface area contributed by atoms with Crippen LogP contribution >= 0.6 is 15.9 Å². The number of benzene rings is 1. The van der Waals surface area contributed by atoms with Crippen molar-refractivity contribution in [3.8, 4) is 5.75 Å². The minimum atomic E-state index is 0.450. The summed E-state index contributed by atoms with van der Waals surface area (Å²) in [6.07, 6.45) is 1.76. The van der Waals surface area contributed by atoms with Crippen molar-refractivity contribution in [1.82, 2.24) is 4.98 Å². The summed E-state index contributed by atoms with van der Waals surface area (Å²) in [6, 6.07) is 9.88. The van der Waals surface area contributed by atoms with Crippen molar-refractivity contribution >= 4 is 15.9 Å². The molecule has 18 heavy (non-hydrogen) atoms. The molecule has 0 aliphatic carbocycles. The van der Waals surface area contributed by atoms with Crippen LogP contribution in [0.15, 0.2) is 41.0 Å². The molecular formula is C14H15BrN2O. The standard InChI is InChI=1S/C14H15BrN2O/c1-10-3-2-4-11(7-16)14(10)18-9-13-6-5-12(15)8-17-13/h2-6,8H,7,9,16H2,1H3. The van der Waals surface area contributed by atoms with Crippen LogP contribution in [-0.4, -0.2) is 4.98 Å². The first kappa shape index (κ1) is 13.1. The summed E-state index contributed by atoms with van der Waals surface area (Å²) in [7, 11) is 0. The smallest absolute Gasteiger partial charge is 0.130 e. The number of nitrogens with zero attached hydrogens (tertiary/aromatic N) is 1. The molecule has 0 amide bonds. The lowest BCUT2D eigenvalue weighted by Crippen LogP contribution is -2.05. The van der Waals surface area contributed by atoms with Crippen molar-refractivity contribution in [3.05, 3.63) is 57.8 Å². The van der Waals surface area contributed by atoms with E-state index in [-0.39, 0.29) is 0 Å². The number of rotatable bonds is 4. The number of para-hydroxylation sites is 1. The largest absolute Gasteiger partial charge is 0.487 e. The topological polar surface area (TPSA) is 48.1 Å². The Bertz CT molecular complexity index is 526. The van der Waals surface area contributed by atoms with Gasteiger partial charge >= 0.3 is 0 Å². The second-order valence-electron chi connectivity index (χ2n) is 4.02. The molecule has 0 spiro atoms. The van der Waals surface area contributed by atoms with E-state index in [1.54, 1.807) is 6.20 Å². The summed E-state index contributed by atoms with van der Waals surface area (Å²) in [5.74, 6) is 0.865. The third-order valence-electron chi connectivity index (χ3n) is 2.67. The van der Waals surface area contributed by atoms with E-state index in [1.807, 2.05) is 37.3 Å². The highest BCUT2D eigenvalue weighted by molar-refractivity contribution is 9.10. The summed E-state index contributed by atoms with van der Waals surface area (Å²) in [6.45, 7) is 2.94. The zero-order valence-electron chi connectivity index (χ0n) is 10.2. The molecule has 0 bridgehead atoms. The lowest BCUT2D eigenvalue weighted by Gasteiger charge is -2.12. The molecule has 1 aromatic heterocycles. The fraction of sp³-hybridized carbons (Fsp3) is 0.214. The van der Waals surface area contributed by atoms with Gasteiger partial charge < -0.3 is 10.5 Å². The van der Waals surface area contributed by atoms with Crippen LogP contribution in [0, 0.1) is 6.92 Å². The van der Waals surface area contributed by atoms with Crippen molar-refractivity contribution in [2.24, 2.45) is 5.73 Å². The molecule has 94 valence electrons. The van der Waals surface area contributed by atoms with Gasteiger partial charge in [-0.3, -0.25) is 4.98 Å². The Labute approximate surface area is 115 Å². The van der Waals surface area contributed by atoms with E-state index in [0.717, 1.165) is 27.0 Å². The first-order valence-electron chi connectivity index (χ1n) is 5.72. The summed E-state index contributed by atoms with van der Waals surface area (Å²) in [5, 5.41) is 0. The van der Waals surface area contributed by atoms with Gasteiger partial charge in [-0.15, -0.1) is 0 Å². The molecule has 0 aliphatic heterocycles. The second kappa shape index (κ2) is 5.98. The Kier molecular flexibility index (Phi) is 4.33. The first-order valence-corrected chi connectivity index (χ1v) is 6.52. The number of hydrogen-bond donors (Lipinski definition) is 1. The molecule has 0 saturated heterocycles. The second-order valence-corrected chi connectivity index (χ2v) is 4.94. The maximum atomic E-state index is 5.83. The number of aryl methyl sites for hydroxylation is 1. The predicted molar refractivity (Wildman–Crippen MR) is 75.3 cm³/mol. The van der Waals surface area contributed by atoms with Crippen molar-refractivity contribution in [2.45, 2.75) is 20.1 Å². The number of pyridine rings is 1. The third-order valence-corrected chi connectivity index (χ3v) is 3.14. The van der Waals surface area contributed by atoms with Crippen LogP contribution in [0.2, 0.25) is 0 Å². The fourth-order valence-corrected chi connectivity index (χ4v) is 1.95. The van der Waals surface area contributed by atoms with Crippen LogP contribution in [-0.2, 0) is 13.2 Å². The van der Waals surface area contributed by atoms with E-state index in [9.17, 15) is 0 Å². The van der Waals surface area contributed by atoms with Gasteiger partial charge in [0.1, 0.15) is 12.4 Å². The van der Waals surface area contributed by atoms with Gasteiger partial charge in [-0.05, 0) is 40.5 Å². The Morgan fingerprint density at radius 2 is 2.11 bits per heavy atom. The first-order chi connectivity index (χ1) is 8.70. The van der Waals surface area contributed by atoms with Crippen LogP contribution in [0.3, 0.4) is 0 Å². The summed E-state index contributed by atoms with van der Waals surface area (Å²) in [5.41, 5.74) is 8.71. The van der Waals surface area contributed by atoms with E-state index < -0.39 is 0 Å². The monoisotopic (exact) mass is 306 g/mol. The molecule has 0 saturated carbocycles. The normalized spacial score (nSPS) is 10.4. The molecule has 1 aromatic carbocycles. The lowest BCUT2D eigenvalue weighted by molar-refractivity contribution is 0.296. The van der Waals surface area contributed by atoms with Crippen LogP contribution < -0.4 is 10.5 Å². The molecule has 2 aromatic rings. The number of aromatic nitrogens is 1. The van der Waals surface area contributed by atoms with Crippen LogP contribution in [0.1, 0.15) is 16.8 Å². The van der Waals surface area contributed by atoms with Gasteiger partial charge in [0.25, 0.3) is 0 Å². The van der Waals surface area contributed by atoms with E-state index in [0.29, 0.717) is 13.2 Å². The molecule has 3 nitrogen and oxygen atoms in total. The highest BCUT2D eigenvalue weighted by Crippen LogP contribution is 2.23. The minimum Gasteiger partial charge on any atom is -0.487 e. The maximum Gasteiger partial charge on any atom is 0.130 e. The minimum absolute atomic E-state index is 0.450. The molecule has 0 atom stereocenters. The van der Waals surface area contributed by atoms with Crippen molar-refractivity contribution < 1.29 is 4.74 Å². The molecule has 2 rings (SSSR count). The number of nitrogens with two attached hydrogens (primary N) is 1. The molecule has 0 fully saturated rings.